The Balaban J connectivity index is 2.01. The van der Waals surface area contributed by atoms with E-state index in [2.05, 4.69) is 46.4 Å². The van der Waals surface area contributed by atoms with Crippen molar-refractivity contribution in [3.63, 3.8) is 0 Å². The first-order chi connectivity index (χ1) is 11.0. The van der Waals surface area contributed by atoms with Gasteiger partial charge in [0.15, 0.2) is 11.3 Å². The topological polar surface area (TPSA) is 28.2 Å². The van der Waals surface area contributed by atoms with E-state index >= 15 is 0 Å². The lowest BCUT2D eigenvalue weighted by Crippen LogP contribution is -2.45. The molecule has 0 spiro atoms. The summed E-state index contributed by atoms with van der Waals surface area (Å²) in [5, 5.41) is 1.85. The van der Waals surface area contributed by atoms with E-state index < -0.39 is 0 Å². The van der Waals surface area contributed by atoms with Gasteiger partial charge in [-0.1, -0.05) is 11.6 Å². The van der Waals surface area contributed by atoms with Crippen LogP contribution in [0.2, 0.25) is 5.02 Å². The first kappa shape index (κ1) is 14.7. The molecule has 0 aliphatic carbocycles. The number of nitrogens with zero attached hydrogens (tertiary/aromatic N) is 5. The summed E-state index contributed by atoms with van der Waals surface area (Å²) in [6.45, 7) is 4.15. The molecule has 1 aliphatic heterocycles. The van der Waals surface area contributed by atoms with Crippen LogP contribution in [0.3, 0.4) is 0 Å². The summed E-state index contributed by atoms with van der Waals surface area (Å²) < 4.78 is 4.32. The van der Waals surface area contributed by atoms with Crippen molar-refractivity contribution in [3.8, 4) is 0 Å². The first-order valence-corrected chi connectivity index (χ1v) is 8.30. The van der Waals surface area contributed by atoms with E-state index in [1.165, 1.54) is 11.0 Å². The molecule has 2 aromatic heterocycles. The lowest BCUT2D eigenvalue weighted by Gasteiger charge is -2.33. The van der Waals surface area contributed by atoms with E-state index in [9.17, 15) is 0 Å². The highest BCUT2D eigenvalue weighted by Gasteiger charge is 2.25. The van der Waals surface area contributed by atoms with E-state index in [0.717, 1.165) is 47.9 Å². The lowest BCUT2D eigenvalue weighted by molar-refractivity contribution is -0.644. The van der Waals surface area contributed by atoms with Crippen LogP contribution in [-0.4, -0.2) is 47.7 Å². The molecule has 0 saturated carbocycles. The van der Waals surface area contributed by atoms with Crippen LogP contribution in [0, 0.1) is 0 Å². The summed E-state index contributed by atoms with van der Waals surface area (Å²) in [5.74, 6) is 1.08. The maximum absolute atomic E-state index is 6.22. The summed E-state index contributed by atoms with van der Waals surface area (Å²) in [6, 6.07) is 5.95. The minimum absolute atomic E-state index is 0.747. The Morgan fingerprint density at radius 1 is 1.13 bits per heavy atom. The molecular formula is C17H21ClN5+. The van der Waals surface area contributed by atoms with E-state index in [1.807, 2.05) is 18.2 Å². The monoisotopic (exact) mass is 330 g/mol. The van der Waals surface area contributed by atoms with E-state index in [0.29, 0.717) is 0 Å². The lowest BCUT2D eigenvalue weighted by atomic mass is 10.1. The van der Waals surface area contributed by atoms with Gasteiger partial charge in [-0.25, -0.2) is 14.1 Å². The fraction of sp³-hybridized carbons (Fsp3) is 0.412. The Morgan fingerprint density at radius 2 is 1.87 bits per heavy atom. The van der Waals surface area contributed by atoms with E-state index in [4.69, 9.17) is 16.6 Å². The van der Waals surface area contributed by atoms with Crippen molar-refractivity contribution in [1.29, 1.82) is 0 Å². The Morgan fingerprint density at radius 3 is 2.61 bits per heavy atom. The number of imidazole rings is 1. The molecule has 5 nitrogen and oxygen atoms in total. The maximum atomic E-state index is 6.22. The smallest absolute Gasteiger partial charge is 0.244 e. The number of aryl methyl sites for hydroxylation is 2. The molecule has 0 N–H and O–H groups in total. The van der Waals surface area contributed by atoms with Gasteiger partial charge in [0.1, 0.15) is 0 Å². The van der Waals surface area contributed by atoms with Gasteiger partial charge in [-0.2, -0.15) is 0 Å². The second-order valence-corrected chi connectivity index (χ2v) is 6.86. The summed E-state index contributed by atoms with van der Waals surface area (Å²) in [6.07, 6.45) is 2.10. The van der Waals surface area contributed by atoms with Crippen LogP contribution in [0.4, 0.5) is 5.82 Å². The van der Waals surface area contributed by atoms with Crippen molar-refractivity contribution in [2.45, 2.75) is 0 Å². The molecule has 0 bridgehead atoms. The van der Waals surface area contributed by atoms with Gasteiger partial charge in [-0.15, -0.1) is 0 Å². The molecular weight excluding hydrogens is 310 g/mol. The number of benzene rings is 1. The van der Waals surface area contributed by atoms with Crippen LogP contribution in [0.15, 0.2) is 24.5 Å². The molecule has 0 unspecified atom stereocenters. The van der Waals surface area contributed by atoms with Crippen LogP contribution < -0.4 is 9.47 Å². The normalized spacial score (nSPS) is 16.6. The van der Waals surface area contributed by atoms with Gasteiger partial charge in [-0.3, -0.25) is 0 Å². The molecule has 1 aliphatic rings. The molecule has 3 aromatic rings. The average molecular weight is 331 g/mol. The Bertz CT molecular complexity index is 893. The molecule has 0 atom stereocenters. The van der Waals surface area contributed by atoms with Crippen molar-refractivity contribution in [2.24, 2.45) is 14.1 Å². The zero-order chi connectivity index (χ0) is 16.1. The zero-order valence-electron chi connectivity index (χ0n) is 13.8. The van der Waals surface area contributed by atoms with Gasteiger partial charge in [-0.05, 0) is 25.2 Å². The Hall–Kier alpha value is -1.85. The van der Waals surface area contributed by atoms with Crippen LogP contribution in [-0.2, 0) is 14.1 Å². The first-order valence-electron chi connectivity index (χ1n) is 7.92. The van der Waals surface area contributed by atoms with E-state index in [-0.39, 0.29) is 0 Å². The predicted molar refractivity (Wildman–Crippen MR) is 94.1 cm³/mol. The SMILES string of the molecule is CN1CCN(c2nc3ccc(Cl)cc3c3c2n(C)c[n+]3C)CC1. The third-order valence-electron chi connectivity index (χ3n) is 4.73. The minimum atomic E-state index is 0.747. The number of piperazine rings is 1. The second kappa shape index (κ2) is 5.35. The van der Waals surface area contributed by atoms with Crippen LogP contribution in [0.25, 0.3) is 21.9 Å². The van der Waals surface area contributed by atoms with Crippen molar-refractivity contribution in [3.05, 3.63) is 29.5 Å². The molecule has 6 heteroatoms. The number of halogens is 1. The van der Waals surface area contributed by atoms with Gasteiger partial charge >= 0.3 is 0 Å². The largest absolute Gasteiger partial charge is 0.350 e. The van der Waals surface area contributed by atoms with Gasteiger partial charge in [0.05, 0.1) is 25.0 Å². The van der Waals surface area contributed by atoms with Crippen molar-refractivity contribution in [2.75, 3.05) is 38.1 Å². The third kappa shape index (κ3) is 2.35. The number of rotatable bonds is 1. The fourth-order valence-electron chi connectivity index (χ4n) is 3.49. The summed E-state index contributed by atoms with van der Waals surface area (Å²) in [4.78, 5) is 9.74. The molecule has 1 aromatic carbocycles. The third-order valence-corrected chi connectivity index (χ3v) is 4.97. The molecule has 1 saturated heterocycles. The summed E-state index contributed by atoms with van der Waals surface area (Å²) in [7, 11) is 6.33. The molecule has 4 rings (SSSR count). The number of hydrogen-bond acceptors (Lipinski definition) is 3. The fourth-order valence-corrected chi connectivity index (χ4v) is 3.66. The minimum Gasteiger partial charge on any atom is -0.350 e. The number of likely N-dealkylation sites (N-methyl/N-ethyl adjacent to an activating group) is 1. The number of anilines is 1. The highest BCUT2D eigenvalue weighted by molar-refractivity contribution is 6.31. The highest BCUT2D eigenvalue weighted by atomic mass is 35.5. The van der Waals surface area contributed by atoms with Gasteiger partial charge < -0.3 is 9.80 Å². The number of pyridine rings is 1. The molecule has 1 fully saturated rings. The van der Waals surface area contributed by atoms with E-state index in [1.54, 1.807) is 0 Å². The Labute approximate surface area is 140 Å². The van der Waals surface area contributed by atoms with Gasteiger partial charge in [0, 0.05) is 31.2 Å². The maximum Gasteiger partial charge on any atom is 0.244 e. The van der Waals surface area contributed by atoms with Crippen molar-refractivity contribution in [1.82, 2.24) is 14.5 Å². The van der Waals surface area contributed by atoms with Crippen LogP contribution in [0.5, 0.6) is 0 Å². The number of hydrogen-bond donors (Lipinski definition) is 0. The van der Waals surface area contributed by atoms with Crippen molar-refractivity contribution >= 4 is 39.4 Å². The zero-order valence-corrected chi connectivity index (χ0v) is 14.5. The van der Waals surface area contributed by atoms with Crippen LogP contribution in [0.1, 0.15) is 0 Å². The van der Waals surface area contributed by atoms with Gasteiger partial charge in [0.25, 0.3) is 0 Å². The predicted octanol–water partition coefficient (Wildman–Crippen LogP) is 1.96. The quantitative estimate of drug-likeness (QED) is 0.639. The van der Waals surface area contributed by atoms with Gasteiger partial charge in [0.2, 0.25) is 11.8 Å². The molecule has 3 heterocycles. The average Bonchev–Trinajstić information content (AvgIpc) is 2.83. The molecule has 0 amide bonds. The number of fused-ring (bicyclic) bond motifs is 3. The molecule has 23 heavy (non-hydrogen) atoms. The standard InChI is InChI=1S/C17H21ClN5/c1-20-6-8-23(9-7-20)17-16-15(21(2)11-22(16)3)13-10-12(18)4-5-14(13)19-17/h4-5,10-11H,6-9H2,1-3H3/q+1. The Kier molecular flexibility index (Phi) is 3.43. The van der Waals surface area contributed by atoms with Crippen molar-refractivity contribution < 1.29 is 4.57 Å². The molecule has 0 radical (unpaired) electrons. The second-order valence-electron chi connectivity index (χ2n) is 6.42. The summed E-state index contributed by atoms with van der Waals surface area (Å²) >= 11 is 6.22. The van der Waals surface area contributed by atoms with Crippen LogP contribution >= 0.6 is 11.6 Å². The molecule has 120 valence electrons. The number of aromatic nitrogens is 3. The summed E-state index contributed by atoms with van der Waals surface area (Å²) in [5.41, 5.74) is 3.36. The highest BCUT2D eigenvalue weighted by Crippen LogP contribution is 2.31.